The summed E-state index contributed by atoms with van der Waals surface area (Å²) in [5.41, 5.74) is 3.29. The van der Waals surface area contributed by atoms with E-state index in [4.69, 9.17) is 9.47 Å². The van der Waals surface area contributed by atoms with Gasteiger partial charge in [-0.15, -0.1) is 0 Å². The van der Waals surface area contributed by atoms with Crippen LogP contribution in [0.15, 0.2) is 49.1 Å². The maximum Gasteiger partial charge on any atom is 0.392 e. The lowest BCUT2D eigenvalue weighted by Gasteiger charge is -2.28. The minimum Gasteiger partial charge on any atom is -0.452 e. The largest absolute Gasteiger partial charge is 0.452 e. The Morgan fingerprint density at radius 2 is 1.57 bits per heavy atom. The molecule has 4 heterocycles. The number of fused-ring (bicyclic) bond motifs is 4. The number of pyridine rings is 1. The standard InChI is InChI=1S/C17H14BN3O2/c1-20-8-4-7-13-16(20)18-15-11(22-13)5-3-6-12(15)23-14-9-19-10-21(2)17(14)18/h3-10H,1-2H3/q+2. The van der Waals surface area contributed by atoms with E-state index in [9.17, 15) is 0 Å². The number of rotatable bonds is 0. The second-order valence-corrected chi connectivity index (χ2v) is 5.93. The van der Waals surface area contributed by atoms with E-state index in [0.29, 0.717) is 0 Å². The summed E-state index contributed by atoms with van der Waals surface area (Å²) in [6.07, 6.45) is 5.64. The number of nitrogens with zero attached hydrogens (tertiary/aromatic N) is 3. The van der Waals surface area contributed by atoms with Crippen LogP contribution in [0.1, 0.15) is 0 Å². The van der Waals surface area contributed by atoms with Gasteiger partial charge in [0, 0.05) is 11.5 Å². The molecular formula is C17H14BN3O2+2. The molecule has 2 aliphatic heterocycles. The molecule has 0 aliphatic carbocycles. The van der Waals surface area contributed by atoms with Crippen LogP contribution in [0, 0.1) is 0 Å². The van der Waals surface area contributed by atoms with Crippen LogP contribution in [0.5, 0.6) is 23.0 Å². The van der Waals surface area contributed by atoms with Crippen LogP contribution in [-0.2, 0) is 14.1 Å². The van der Waals surface area contributed by atoms with Gasteiger partial charge in [0.25, 0.3) is 6.33 Å². The van der Waals surface area contributed by atoms with Gasteiger partial charge in [-0.2, -0.15) is 0 Å². The van der Waals surface area contributed by atoms with Gasteiger partial charge in [-0.1, -0.05) is 11.1 Å². The normalized spacial score (nSPS) is 13.4. The Bertz CT molecular complexity index is 868. The number of hydrogen-bond donors (Lipinski definition) is 0. The maximum atomic E-state index is 6.13. The molecule has 0 unspecified atom stereocenters. The van der Waals surface area contributed by atoms with Gasteiger partial charge in [-0.3, -0.25) is 0 Å². The van der Waals surface area contributed by atoms with Gasteiger partial charge in [0.1, 0.15) is 24.1 Å². The van der Waals surface area contributed by atoms with Crippen molar-refractivity contribution < 1.29 is 18.6 Å². The molecule has 0 spiro atoms. The first-order chi connectivity index (χ1) is 11.2. The smallest absolute Gasteiger partial charge is 0.392 e. The SMILES string of the molecule is C[n+]1cccc2c1B1c3c(cccc3Oc3cnc[n+](C)c31)O2. The summed E-state index contributed by atoms with van der Waals surface area (Å²) in [6.45, 7) is 0.0629. The first-order valence-electron chi connectivity index (χ1n) is 7.54. The quantitative estimate of drug-likeness (QED) is 0.285. The summed E-state index contributed by atoms with van der Waals surface area (Å²) in [5.74, 6) is 3.37. The van der Waals surface area contributed by atoms with E-state index >= 15 is 0 Å². The molecular weight excluding hydrogens is 289 g/mol. The van der Waals surface area contributed by atoms with Crippen LogP contribution in [0.25, 0.3) is 0 Å². The van der Waals surface area contributed by atoms with Crippen LogP contribution in [0.3, 0.4) is 0 Å². The highest BCUT2D eigenvalue weighted by molar-refractivity contribution is 6.96. The molecule has 0 amide bonds. The maximum absolute atomic E-state index is 6.13. The molecule has 0 radical (unpaired) electrons. The van der Waals surface area contributed by atoms with Gasteiger partial charge in [0.2, 0.25) is 5.75 Å². The molecule has 2 aliphatic rings. The lowest BCUT2D eigenvalue weighted by atomic mass is 9.37. The third-order valence-corrected chi connectivity index (χ3v) is 4.56. The Kier molecular flexibility index (Phi) is 2.37. The molecule has 3 aromatic rings. The zero-order chi connectivity index (χ0) is 15.6. The van der Waals surface area contributed by atoms with Gasteiger partial charge in [0.05, 0.1) is 7.05 Å². The predicted molar refractivity (Wildman–Crippen MR) is 84.3 cm³/mol. The minimum atomic E-state index is 0.0629. The third-order valence-electron chi connectivity index (χ3n) is 4.56. The fraction of sp³-hybridized carbons (Fsp3) is 0.118. The Labute approximate surface area is 133 Å². The average Bonchev–Trinajstić information content (AvgIpc) is 2.55. The number of ether oxygens (including phenoxy) is 2. The van der Waals surface area contributed by atoms with Gasteiger partial charge in [-0.05, 0) is 18.2 Å². The molecule has 0 saturated carbocycles. The van der Waals surface area contributed by atoms with E-state index in [-0.39, 0.29) is 6.71 Å². The highest BCUT2D eigenvalue weighted by atomic mass is 16.5. The number of hydrogen-bond acceptors (Lipinski definition) is 3. The van der Waals surface area contributed by atoms with Crippen molar-refractivity contribution in [2.45, 2.75) is 0 Å². The van der Waals surface area contributed by atoms with Gasteiger partial charge in [-0.25, -0.2) is 9.13 Å². The molecule has 0 atom stereocenters. The van der Waals surface area contributed by atoms with Crippen molar-refractivity contribution in [2.24, 2.45) is 14.1 Å². The Morgan fingerprint density at radius 3 is 2.39 bits per heavy atom. The summed E-state index contributed by atoms with van der Waals surface area (Å²) in [7, 11) is 4.05. The Morgan fingerprint density at radius 1 is 0.870 bits per heavy atom. The monoisotopic (exact) mass is 303 g/mol. The summed E-state index contributed by atoms with van der Waals surface area (Å²) in [4.78, 5) is 4.26. The fourth-order valence-electron chi connectivity index (χ4n) is 3.59. The second-order valence-electron chi connectivity index (χ2n) is 5.93. The molecule has 0 saturated heterocycles. The lowest BCUT2D eigenvalue weighted by molar-refractivity contribution is -0.660. The molecule has 5 nitrogen and oxygen atoms in total. The molecule has 110 valence electrons. The number of benzene rings is 1. The van der Waals surface area contributed by atoms with Crippen LogP contribution in [-0.4, -0.2) is 11.7 Å². The van der Waals surface area contributed by atoms with Crippen molar-refractivity contribution in [3.8, 4) is 23.0 Å². The zero-order valence-corrected chi connectivity index (χ0v) is 12.9. The predicted octanol–water partition coefficient (Wildman–Crippen LogP) is -0.542. The highest BCUT2D eigenvalue weighted by Crippen LogP contribution is 2.32. The van der Waals surface area contributed by atoms with Crippen LogP contribution in [0.4, 0.5) is 0 Å². The summed E-state index contributed by atoms with van der Waals surface area (Å²) >= 11 is 0. The molecule has 23 heavy (non-hydrogen) atoms. The number of aryl methyl sites for hydroxylation is 2. The van der Waals surface area contributed by atoms with E-state index in [1.165, 1.54) is 0 Å². The topological polar surface area (TPSA) is 39.1 Å². The van der Waals surface area contributed by atoms with Crippen molar-refractivity contribution in [1.29, 1.82) is 0 Å². The van der Waals surface area contributed by atoms with Gasteiger partial charge < -0.3 is 9.47 Å². The summed E-state index contributed by atoms with van der Waals surface area (Å²) < 4.78 is 16.4. The minimum absolute atomic E-state index is 0.0629. The molecule has 6 heteroatoms. The lowest BCUT2D eigenvalue weighted by Crippen LogP contribution is -2.73. The molecule has 1 aromatic carbocycles. The molecule has 5 rings (SSSR count). The third kappa shape index (κ3) is 1.60. The van der Waals surface area contributed by atoms with Crippen molar-refractivity contribution in [1.82, 2.24) is 4.98 Å². The van der Waals surface area contributed by atoms with Gasteiger partial charge in [0.15, 0.2) is 23.7 Å². The molecule has 0 bridgehead atoms. The summed E-state index contributed by atoms with van der Waals surface area (Å²) in [6, 6.07) is 9.96. The fourth-order valence-corrected chi connectivity index (χ4v) is 3.59. The first kappa shape index (κ1) is 12.6. The van der Waals surface area contributed by atoms with Crippen LogP contribution >= 0.6 is 0 Å². The Hall–Kier alpha value is -2.89. The van der Waals surface area contributed by atoms with Crippen molar-refractivity contribution in [3.63, 3.8) is 0 Å². The Balaban J connectivity index is 1.91. The van der Waals surface area contributed by atoms with E-state index in [0.717, 1.165) is 39.6 Å². The molecule has 0 N–H and O–H groups in total. The highest BCUT2D eigenvalue weighted by Gasteiger charge is 2.49. The van der Waals surface area contributed by atoms with E-state index < -0.39 is 0 Å². The second kappa shape index (κ2) is 4.32. The van der Waals surface area contributed by atoms with Crippen molar-refractivity contribution in [3.05, 3.63) is 49.1 Å². The van der Waals surface area contributed by atoms with E-state index in [1.54, 1.807) is 6.20 Å². The van der Waals surface area contributed by atoms with Crippen molar-refractivity contribution >= 4 is 23.4 Å². The van der Waals surface area contributed by atoms with E-state index in [2.05, 4.69) is 9.55 Å². The summed E-state index contributed by atoms with van der Waals surface area (Å²) in [5, 5.41) is 0. The van der Waals surface area contributed by atoms with Crippen LogP contribution in [0.2, 0.25) is 0 Å². The van der Waals surface area contributed by atoms with E-state index in [1.807, 2.05) is 61.5 Å². The van der Waals surface area contributed by atoms with Crippen molar-refractivity contribution in [2.75, 3.05) is 0 Å². The first-order valence-corrected chi connectivity index (χ1v) is 7.54. The molecule has 0 fully saturated rings. The average molecular weight is 303 g/mol. The van der Waals surface area contributed by atoms with Crippen LogP contribution < -0.4 is 35.3 Å². The zero-order valence-electron chi connectivity index (χ0n) is 12.9. The number of aromatic nitrogens is 3. The molecule has 2 aromatic heterocycles. The van der Waals surface area contributed by atoms with Gasteiger partial charge >= 0.3 is 6.71 Å².